The Bertz CT molecular complexity index is 1250. The van der Waals surface area contributed by atoms with E-state index in [-0.39, 0.29) is 17.3 Å². The number of aromatic carboxylic acids is 1. The topological polar surface area (TPSA) is 75.6 Å². The number of carboxylic acid groups (broad SMARTS) is 1. The Hall–Kier alpha value is -3.93. The van der Waals surface area contributed by atoms with Gasteiger partial charge in [-0.3, -0.25) is 4.79 Å². The minimum Gasteiger partial charge on any atom is -0.488 e. The van der Waals surface area contributed by atoms with Crippen LogP contribution in [0.5, 0.6) is 5.75 Å². The molecule has 0 spiro atoms. The third kappa shape index (κ3) is 5.34. The fraction of sp³-hybridized carbons (Fsp3) is 0.214. The maximum atomic E-state index is 13.2. The molecule has 2 N–H and O–H groups in total. The molecule has 4 rings (SSSR count). The van der Waals surface area contributed by atoms with Gasteiger partial charge in [-0.2, -0.15) is 0 Å². The number of carboxylic acids is 1. The molecule has 0 bridgehead atoms. The summed E-state index contributed by atoms with van der Waals surface area (Å²) in [6.07, 6.45) is 2.87. The second kappa shape index (κ2) is 10.3. The van der Waals surface area contributed by atoms with Crippen molar-refractivity contribution in [3.05, 3.63) is 94.8 Å². The molecule has 6 heteroatoms. The maximum absolute atomic E-state index is 13.2. The standard InChI is InChI=1S/C28H26FNO4/c1-2-27(31)30-22-15-19(14-20(16-22)28(32)33)23-7-5-8-24(23)25-6-3-4-9-26(25)34-17-18-10-12-21(29)13-11-18/h3-4,6,9-16H,2,5,7-8,17H2,1H3,(H,30,31)(H,32,33). The first-order chi connectivity index (χ1) is 16.4. The van der Waals surface area contributed by atoms with Gasteiger partial charge < -0.3 is 15.2 Å². The van der Waals surface area contributed by atoms with Crippen LogP contribution in [0.25, 0.3) is 11.1 Å². The van der Waals surface area contributed by atoms with Crippen LogP contribution in [0.4, 0.5) is 10.1 Å². The van der Waals surface area contributed by atoms with Gasteiger partial charge in [0.2, 0.25) is 5.91 Å². The van der Waals surface area contributed by atoms with Crippen LogP contribution in [0.3, 0.4) is 0 Å². The van der Waals surface area contributed by atoms with Crippen LogP contribution in [-0.2, 0) is 11.4 Å². The number of hydrogen-bond acceptors (Lipinski definition) is 3. The van der Waals surface area contributed by atoms with Gasteiger partial charge in [-0.05, 0) is 77.9 Å². The van der Waals surface area contributed by atoms with Crippen LogP contribution in [0.15, 0.2) is 66.7 Å². The van der Waals surface area contributed by atoms with Crippen LogP contribution in [0, 0.1) is 5.82 Å². The zero-order chi connectivity index (χ0) is 24.1. The fourth-order valence-electron chi connectivity index (χ4n) is 4.19. The number of halogens is 1. The van der Waals surface area contributed by atoms with Crippen molar-refractivity contribution in [2.24, 2.45) is 0 Å². The van der Waals surface area contributed by atoms with Crippen molar-refractivity contribution in [3.63, 3.8) is 0 Å². The third-order valence-electron chi connectivity index (χ3n) is 5.87. The van der Waals surface area contributed by atoms with Crippen LogP contribution in [0.1, 0.15) is 59.7 Å². The maximum Gasteiger partial charge on any atom is 0.335 e. The highest BCUT2D eigenvalue weighted by molar-refractivity contribution is 5.99. The van der Waals surface area contributed by atoms with E-state index < -0.39 is 5.97 Å². The Morgan fingerprint density at radius 3 is 2.47 bits per heavy atom. The Labute approximate surface area is 197 Å². The first kappa shape index (κ1) is 23.2. The van der Waals surface area contributed by atoms with E-state index >= 15 is 0 Å². The van der Waals surface area contributed by atoms with Crippen molar-refractivity contribution in [3.8, 4) is 5.75 Å². The lowest BCUT2D eigenvalue weighted by Gasteiger charge is -2.16. The highest BCUT2D eigenvalue weighted by atomic mass is 19.1. The SMILES string of the molecule is CCC(=O)Nc1cc(C(=O)O)cc(C2=C(c3ccccc3OCc3ccc(F)cc3)CCC2)c1. The molecule has 0 unspecified atom stereocenters. The molecule has 5 nitrogen and oxygen atoms in total. The van der Waals surface area contributed by atoms with Crippen LogP contribution in [-0.4, -0.2) is 17.0 Å². The molecule has 0 radical (unpaired) electrons. The minimum absolute atomic E-state index is 0.128. The largest absolute Gasteiger partial charge is 0.488 e. The first-order valence-electron chi connectivity index (χ1n) is 11.3. The Balaban J connectivity index is 1.70. The summed E-state index contributed by atoms with van der Waals surface area (Å²) in [4.78, 5) is 23.7. The predicted molar refractivity (Wildman–Crippen MR) is 130 cm³/mol. The molecule has 0 saturated carbocycles. The molecule has 3 aromatic rings. The zero-order valence-corrected chi connectivity index (χ0v) is 18.9. The molecule has 1 amide bonds. The number of para-hydroxylation sites is 1. The van der Waals surface area contributed by atoms with Crippen molar-refractivity contribution in [2.75, 3.05) is 5.32 Å². The minimum atomic E-state index is -1.04. The molecule has 174 valence electrons. The average Bonchev–Trinajstić information content (AvgIpc) is 3.33. The lowest BCUT2D eigenvalue weighted by atomic mass is 9.95. The van der Waals surface area contributed by atoms with Crippen LogP contribution in [0.2, 0.25) is 0 Å². The van der Waals surface area contributed by atoms with Gasteiger partial charge in [0.15, 0.2) is 0 Å². The molecule has 0 heterocycles. The molecule has 1 aliphatic carbocycles. The second-order valence-corrected chi connectivity index (χ2v) is 8.23. The number of benzene rings is 3. The van der Waals surface area contributed by atoms with Crippen molar-refractivity contribution < 1.29 is 23.8 Å². The van der Waals surface area contributed by atoms with Gasteiger partial charge >= 0.3 is 5.97 Å². The lowest BCUT2D eigenvalue weighted by Crippen LogP contribution is -2.11. The molecule has 34 heavy (non-hydrogen) atoms. The molecule has 0 atom stereocenters. The number of allylic oxidation sites excluding steroid dienone is 2. The Kier molecular flexibility index (Phi) is 7.07. The molecule has 3 aromatic carbocycles. The fourth-order valence-corrected chi connectivity index (χ4v) is 4.19. The van der Waals surface area contributed by atoms with E-state index in [9.17, 15) is 19.1 Å². The summed E-state index contributed by atoms with van der Waals surface area (Å²) in [6, 6.07) is 18.9. The van der Waals surface area contributed by atoms with Gasteiger partial charge in [0.05, 0.1) is 5.56 Å². The van der Waals surface area contributed by atoms with Crippen molar-refractivity contribution >= 4 is 28.7 Å². The summed E-state index contributed by atoms with van der Waals surface area (Å²) >= 11 is 0. The van der Waals surface area contributed by atoms with Crippen molar-refractivity contribution in [1.82, 2.24) is 0 Å². The number of rotatable bonds is 8. The number of hydrogen-bond donors (Lipinski definition) is 2. The van der Waals surface area contributed by atoms with Gasteiger partial charge in [-0.15, -0.1) is 0 Å². The molecule has 0 aromatic heterocycles. The number of anilines is 1. The lowest BCUT2D eigenvalue weighted by molar-refractivity contribution is -0.115. The zero-order valence-electron chi connectivity index (χ0n) is 18.9. The number of amides is 1. The van der Waals surface area contributed by atoms with E-state index in [0.717, 1.165) is 52.8 Å². The van der Waals surface area contributed by atoms with E-state index in [1.54, 1.807) is 25.1 Å². The van der Waals surface area contributed by atoms with E-state index in [0.29, 0.717) is 18.7 Å². The normalized spacial score (nSPS) is 13.1. The quantitative estimate of drug-likeness (QED) is 0.401. The van der Waals surface area contributed by atoms with Crippen LogP contribution < -0.4 is 10.1 Å². The highest BCUT2D eigenvalue weighted by Gasteiger charge is 2.22. The molecule has 0 fully saturated rings. The molecule has 0 saturated heterocycles. The second-order valence-electron chi connectivity index (χ2n) is 8.23. The molecular formula is C28H26FNO4. The van der Waals surface area contributed by atoms with E-state index in [2.05, 4.69) is 5.32 Å². The average molecular weight is 460 g/mol. The summed E-state index contributed by atoms with van der Waals surface area (Å²) < 4.78 is 19.3. The van der Waals surface area contributed by atoms with Gasteiger partial charge in [0.1, 0.15) is 18.2 Å². The van der Waals surface area contributed by atoms with Crippen molar-refractivity contribution in [1.29, 1.82) is 0 Å². The summed E-state index contributed by atoms with van der Waals surface area (Å²) in [5, 5.41) is 12.4. The Morgan fingerprint density at radius 2 is 1.74 bits per heavy atom. The first-order valence-corrected chi connectivity index (χ1v) is 11.3. The summed E-state index contributed by atoms with van der Waals surface area (Å²) in [5.74, 6) is -0.788. The monoisotopic (exact) mass is 459 g/mol. The third-order valence-corrected chi connectivity index (χ3v) is 5.87. The smallest absolute Gasteiger partial charge is 0.335 e. The van der Waals surface area contributed by atoms with Crippen molar-refractivity contribution in [2.45, 2.75) is 39.2 Å². The number of ether oxygens (including phenoxy) is 1. The van der Waals surface area contributed by atoms with E-state index in [4.69, 9.17) is 4.74 Å². The van der Waals surface area contributed by atoms with E-state index in [1.165, 1.54) is 18.2 Å². The number of carbonyl (C=O) groups is 2. The summed E-state index contributed by atoms with van der Waals surface area (Å²) in [5.41, 5.74) is 5.36. The Morgan fingerprint density at radius 1 is 1.00 bits per heavy atom. The molecule has 1 aliphatic rings. The van der Waals surface area contributed by atoms with Gasteiger partial charge in [0.25, 0.3) is 0 Å². The van der Waals surface area contributed by atoms with Gasteiger partial charge in [-0.1, -0.05) is 37.3 Å². The summed E-state index contributed by atoms with van der Waals surface area (Å²) in [7, 11) is 0. The van der Waals surface area contributed by atoms with Crippen LogP contribution >= 0.6 is 0 Å². The predicted octanol–water partition coefficient (Wildman–Crippen LogP) is 6.55. The van der Waals surface area contributed by atoms with Gasteiger partial charge in [-0.25, -0.2) is 9.18 Å². The highest BCUT2D eigenvalue weighted by Crippen LogP contribution is 2.43. The number of carbonyl (C=O) groups excluding carboxylic acids is 1. The summed E-state index contributed by atoms with van der Waals surface area (Å²) in [6.45, 7) is 2.05. The van der Waals surface area contributed by atoms with Gasteiger partial charge in [0, 0.05) is 17.7 Å². The van der Waals surface area contributed by atoms with E-state index in [1.807, 2.05) is 30.3 Å². The molecular weight excluding hydrogens is 433 g/mol. The molecule has 0 aliphatic heterocycles. The number of nitrogens with one attached hydrogen (secondary N) is 1.